The fourth-order valence-corrected chi connectivity index (χ4v) is 6.56. The second kappa shape index (κ2) is 7.86. The molecule has 7 nitrogen and oxygen atoms in total. The summed E-state index contributed by atoms with van der Waals surface area (Å²) >= 11 is 0. The maximum atomic E-state index is 13.4. The normalized spacial score (nSPS) is 25.9. The number of fused-ring (bicyclic) bond motifs is 4. The predicted molar refractivity (Wildman–Crippen MR) is 124 cm³/mol. The minimum Gasteiger partial charge on any atom is -0.481 e. The van der Waals surface area contributed by atoms with Gasteiger partial charge in [0.05, 0.1) is 5.92 Å². The molecule has 1 aliphatic heterocycles. The summed E-state index contributed by atoms with van der Waals surface area (Å²) in [6.45, 7) is 1.14. The molecule has 0 bridgehead atoms. The molecular formula is C27H28N2O5. The summed E-state index contributed by atoms with van der Waals surface area (Å²) < 4.78 is 5.72. The van der Waals surface area contributed by atoms with Gasteiger partial charge in [-0.1, -0.05) is 61.4 Å². The number of carboxylic acid groups (broad SMARTS) is 1. The minimum absolute atomic E-state index is 0.0352. The van der Waals surface area contributed by atoms with Gasteiger partial charge < -0.3 is 20.1 Å². The van der Waals surface area contributed by atoms with Crippen LogP contribution in [-0.2, 0) is 14.3 Å². The van der Waals surface area contributed by atoms with Crippen LogP contribution >= 0.6 is 0 Å². The Bertz CT molecular complexity index is 1110. The molecule has 176 valence electrons. The summed E-state index contributed by atoms with van der Waals surface area (Å²) in [6.07, 6.45) is 2.35. The van der Waals surface area contributed by atoms with Crippen LogP contribution in [0.15, 0.2) is 48.5 Å². The number of benzene rings is 2. The first-order valence-electron chi connectivity index (χ1n) is 12.1. The van der Waals surface area contributed by atoms with Gasteiger partial charge >= 0.3 is 12.1 Å². The van der Waals surface area contributed by atoms with Gasteiger partial charge in [-0.15, -0.1) is 0 Å². The van der Waals surface area contributed by atoms with Crippen molar-refractivity contribution >= 4 is 18.0 Å². The number of aliphatic carboxylic acids is 1. The van der Waals surface area contributed by atoms with Crippen LogP contribution in [0.3, 0.4) is 0 Å². The van der Waals surface area contributed by atoms with Crippen LogP contribution < -0.4 is 5.32 Å². The minimum atomic E-state index is -0.946. The Morgan fingerprint density at radius 3 is 2.06 bits per heavy atom. The van der Waals surface area contributed by atoms with E-state index < -0.39 is 17.6 Å². The van der Waals surface area contributed by atoms with Crippen molar-refractivity contribution < 1.29 is 24.2 Å². The highest BCUT2D eigenvalue weighted by atomic mass is 16.5. The zero-order chi connectivity index (χ0) is 23.4. The second-order valence-electron chi connectivity index (χ2n) is 10.1. The van der Waals surface area contributed by atoms with Gasteiger partial charge in [0.25, 0.3) is 0 Å². The SMILES string of the molecule is O=C(NC1(C(=O)N2CC3C(C2)C3C(=O)O)CCCC1)OCC1c2ccccc2-c2ccccc21. The first kappa shape index (κ1) is 21.2. The van der Waals surface area contributed by atoms with Crippen LogP contribution in [0.5, 0.6) is 0 Å². The predicted octanol–water partition coefficient (Wildman–Crippen LogP) is 3.63. The van der Waals surface area contributed by atoms with Crippen LogP contribution in [0.1, 0.15) is 42.7 Å². The van der Waals surface area contributed by atoms with Gasteiger partial charge in [0.15, 0.2) is 0 Å². The highest BCUT2D eigenvalue weighted by Gasteiger charge is 2.62. The van der Waals surface area contributed by atoms with Crippen molar-refractivity contribution in [2.24, 2.45) is 17.8 Å². The van der Waals surface area contributed by atoms with Crippen LogP contribution in [0.25, 0.3) is 11.1 Å². The molecule has 2 unspecified atom stereocenters. The van der Waals surface area contributed by atoms with Crippen molar-refractivity contribution in [3.05, 3.63) is 59.7 Å². The first-order chi connectivity index (χ1) is 16.5. The number of alkyl carbamates (subject to hydrolysis) is 1. The van der Waals surface area contributed by atoms with Crippen molar-refractivity contribution in [2.45, 2.75) is 37.1 Å². The maximum absolute atomic E-state index is 13.4. The van der Waals surface area contributed by atoms with Gasteiger partial charge in [-0.2, -0.15) is 0 Å². The summed E-state index contributed by atoms with van der Waals surface area (Å²) in [6, 6.07) is 16.4. The van der Waals surface area contributed by atoms with Crippen LogP contribution in [-0.4, -0.2) is 53.2 Å². The molecule has 34 heavy (non-hydrogen) atoms. The van der Waals surface area contributed by atoms with Crippen molar-refractivity contribution in [2.75, 3.05) is 19.7 Å². The fraction of sp³-hybridized carbons (Fsp3) is 0.444. The first-order valence-corrected chi connectivity index (χ1v) is 12.1. The molecule has 0 aromatic heterocycles. The van der Waals surface area contributed by atoms with Crippen LogP contribution in [0.2, 0.25) is 0 Å². The number of nitrogens with one attached hydrogen (secondary N) is 1. The molecule has 0 spiro atoms. The van der Waals surface area contributed by atoms with E-state index in [-0.39, 0.29) is 36.2 Å². The van der Waals surface area contributed by atoms with Crippen LogP contribution in [0, 0.1) is 17.8 Å². The van der Waals surface area contributed by atoms with E-state index in [9.17, 15) is 19.5 Å². The summed E-state index contributed by atoms with van der Waals surface area (Å²) in [5.41, 5.74) is 3.68. The van der Waals surface area contributed by atoms with Gasteiger partial charge in [0.1, 0.15) is 12.1 Å². The number of hydrogen-bond acceptors (Lipinski definition) is 4. The monoisotopic (exact) mass is 460 g/mol. The Morgan fingerprint density at radius 2 is 1.50 bits per heavy atom. The largest absolute Gasteiger partial charge is 0.481 e. The van der Waals surface area contributed by atoms with E-state index in [4.69, 9.17) is 4.74 Å². The van der Waals surface area contributed by atoms with Crippen molar-refractivity contribution in [1.82, 2.24) is 10.2 Å². The number of amides is 2. The lowest BCUT2D eigenvalue weighted by Crippen LogP contribution is -2.58. The zero-order valence-corrected chi connectivity index (χ0v) is 18.9. The van der Waals surface area contributed by atoms with E-state index in [1.54, 1.807) is 4.90 Å². The van der Waals surface area contributed by atoms with E-state index in [0.29, 0.717) is 25.9 Å². The molecule has 0 radical (unpaired) electrons. The van der Waals surface area contributed by atoms with Crippen molar-refractivity contribution in [3.8, 4) is 11.1 Å². The molecule has 1 heterocycles. The molecule has 7 heteroatoms. The molecule has 2 aromatic rings. The standard InChI is InChI=1S/C27H28N2O5/c30-24(31)23-20-13-29(14-21(20)23)25(32)27(11-5-6-12-27)28-26(33)34-15-22-18-9-3-1-7-16(18)17-8-2-4-10-19(17)22/h1-4,7-10,20-23H,5-6,11-15H2,(H,28,33)(H,30,31). The lowest BCUT2D eigenvalue weighted by atomic mass is 9.95. The number of rotatable bonds is 5. The van der Waals surface area contributed by atoms with Gasteiger partial charge in [0, 0.05) is 19.0 Å². The summed E-state index contributed by atoms with van der Waals surface area (Å²) in [5.74, 6) is -1.11. The topological polar surface area (TPSA) is 95.9 Å². The highest BCUT2D eigenvalue weighted by molar-refractivity contribution is 5.91. The third kappa shape index (κ3) is 3.29. The van der Waals surface area contributed by atoms with Gasteiger partial charge in [0.2, 0.25) is 5.91 Å². The number of carbonyl (C=O) groups is 3. The quantitative estimate of drug-likeness (QED) is 0.711. The smallest absolute Gasteiger partial charge is 0.408 e. The van der Waals surface area contributed by atoms with E-state index in [1.165, 1.54) is 11.1 Å². The number of hydrogen-bond donors (Lipinski definition) is 2. The molecule has 6 rings (SSSR count). The number of carboxylic acids is 1. The van der Waals surface area contributed by atoms with Crippen LogP contribution in [0.4, 0.5) is 4.79 Å². The third-order valence-electron chi connectivity index (χ3n) is 8.32. The Balaban J connectivity index is 1.13. The number of ether oxygens (including phenoxy) is 1. The number of piperidine rings is 1. The number of likely N-dealkylation sites (tertiary alicyclic amines) is 1. The van der Waals surface area contributed by atoms with E-state index in [1.807, 2.05) is 24.3 Å². The average molecular weight is 461 g/mol. The Kier molecular flexibility index (Phi) is 4.90. The molecule has 2 amide bonds. The lowest BCUT2D eigenvalue weighted by Gasteiger charge is -2.33. The van der Waals surface area contributed by atoms with E-state index in [2.05, 4.69) is 29.6 Å². The van der Waals surface area contributed by atoms with Gasteiger partial charge in [-0.25, -0.2) is 4.79 Å². The molecule has 2 aromatic carbocycles. The average Bonchev–Trinajstić information content (AvgIpc) is 3.21. The van der Waals surface area contributed by atoms with Gasteiger partial charge in [-0.05, 0) is 46.9 Å². The lowest BCUT2D eigenvalue weighted by molar-refractivity contribution is -0.142. The summed E-state index contributed by atoms with van der Waals surface area (Å²) in [5, 5.41) is 12.2. The Morgan fingerprint density at radius 1 is 0.941 bits per heavy atom. The van der Waals surface area contributed by atoms with Crippen molar-refractivity contribution in [1.29, 1.82) is 0 Å². The van der Waals surface area contributed by atoms with E-state index >= 15 is 0 Å². The number of carbonyl (C=O) groups excluding carboxylic acids is 2. The highest BCUT2D eigenvalue weighted by Crippen LogP contribution is 2.52. The fourth-order valence-electron chi connectivity index (χ4n) is 6.56. The van der Waals surface area contributed by atoms with Gasteiger partial charge in [-0.3, -0.25) is 9.59 Å². The third-order valence-corrected chi connectivity index (χ3v) is 8.32. The molecule has 3 aliphatic carbocycles. The summed E-state index contributed by atoms with van der Waals surface area (Å²) in [7, 11) is 0. The molecule has 4 aliphatic rings. The Labute approximate surface area is 198 Å². The number of nitrogens with zero attached hydrogens (tertiary/aromatic N) is 1. The zero-order valence-electron chi connectivity index (χ0n) is 18.9. The molecule has 2 atom stereocenters. The molecule has 3 fully saturated rings. The molecule has 2 N–H and O–H groups in total. The maximum Gasteiger partial charge on any atom is 0.408 e. The molecule has 1 saturated heterocycles. The second-order valence-corrected chi connectivity index (χ2v) is 10.1. The molecule has 2 saturated carbocycles. The van der Waals surface area contributed by atoms with E-state index in [0.717, 1.165) is 24.0 Å². The van der Waals surface area contributed by atoms with Crippen molar-refractivity contribution in [3.63, 3.8) is 0 Å². The summed E-state index contributed by atoms with van der Waals surface area (Å²) in [4.78, 5) is 39.4. The Hall–Kier alpha value is -3.35. The molecular weight excluding hydrogens is 432 g/mol.